The Hall–Kier alpha value is -2.69. The van der Waals surface area contributed by atoms with Crippen molar-refractivity contribution in [2.75, 3.05) is 21.3 Å². The van der Waals surface area contributed by atoms with E-state index in [-0.39, 0.29) is 0 Å². The number of hydrogen-bond acceptors (Lipinski definition) is 4. The van der Waals surface area contributed by atoms with Gasteiger partial charge in [-0.3, -0.25) is 4.79 Å². The Morgan fingerprint density at radius 1 is 1.00 bits per heavy atom. The first-order valence-electron chi connectivity index (χ1n) is 7.54. The Kier molecular flexibility index (Phi) is 5.34. The van der Waals surface area contributed by atoms with Crippen LogP contribution in [-0.4, -0.2) is 32.4 Å². The van der Waals surface area contributed by atoms with Gasteiger partial charge in [-0.15, -0.1) is 0 Å². The van der Waals surface area contributed by atoms with Crippen molar-refractivity contribution in [1.82, 2.24) is 0 Å². The second-order valence-electron chi connectivity index (χ2n) is 5.71. The molecule has 0 spiro atoms. The number of hydrogen-bond donors (Lipinski definition) is 1. The van der Waals surface area contributed by atoms with Gasteiger partial charge in [-0.2, -0.15) is 0 Å². The highest BCUT2D eigenvalue weighted by Crippen LogP contribution is 2.40. The molecule has 0 heterocycles. The molecule has 24 heavy (non-hydrogen) atoms. The van der Waals surface area contributed by atoms with Crippen molar-refractivity contribution < 1.29 is 24.1 Å². The average Bonchev–Trinajstić information content (AvgIpc) is 2.61. The molecule has 128 valence electrons. The number of carboxylic acids is 1. The Bertz CT molecular complexity index is 686. The van der Waals surface area contributed by atoms with Crippen LogP contribution >= 0.6 is 0 Å². The lowest BCUT2D eigenvalue weighted by Crippen LogP contribution is -2.34. The Labute approximate surface area is 141 Å². The molecule has 2 aromatic carbocycles. The number of aliphatic carboxylic acids is 1. The third kappa shape index (κ3) is 3.30. The van der Waals surface area contributed by atoms with E-state index in [0.717, 1.165) is 11.1 Å². The minimum absolute atomic E-state index is 0.295. The van der Waals surface area contributed by atoms with Crippen molar-refractivity contribution >= 4 is 5.97 Å². The molecule has 2 rings (SSSR count). The normalized spacial score (nSPS) is 13.0. The molecule has 0 aliphatic rings. The summed E-state index contributed by atoms with van der Waals surface area (Å²) in [6.07, 6.45) is 0.295. The summed E-state index contributed by atoms with van der Waals surface area (Å²) in [7, 11) is 4.61. The van der Waals surface area contributed by atoms with Gasteiger partial charge in [0.1, 0.15) is 0 Å². The molecule has 1 atom stereocenters. The predicted molar refractivity (Wildman–Crippen MR) is 91.2 cm³/mol. The summed E-state index contributed by atoms with van der Waals surface area (Å²) >= 11 is 0. The molecule has 1 N–H and O–H groups in total. The van der Waals surface area contributed by atoms with Gasteiger partial charge in [0.15, 0.2) is 11.5 Å². The fourth-order valence-electron chi connectivity index (χ4n) is 2.75. The smallest absolute Gasteiger partial charge is 0.314 e. The van der Waals surface area contributed by atoms with Crippen molar-refractivity contribution in [3.8, 4) is 17.2 Å². The van der Waals surface area contributed by atoms with Gasteiger partial charge in [0, 0.05) is 0 Å². The van der Waals surface area contributed by atoms with Crippen LogP contribution in [0.3, 0.4) is 0 Å². The first-order chi connectivity index (χ1) is 11.5. The molecule has 0 bridgehead atoms. The van der Waals surface area contributed by atoms with Crippen LogP contribution in [0.1, 0.15) is 18.1 Å². The summed E-state index contributed by atoms with van der Waals surface area (Å²) in [4.78, 5) is 12.0. The number of methoxy groups -OCH3 is 3. The molecule has 0 radical (unpaired) electrons. The van der Waals surface area contributed by atoms with Gasteiger partial charge in [-0.1, -0.05) is 30.3 Å². The van der Waals surface area contributed by atoms with Crippen LogP contribution in [-0.2, 0) is 16.6 Å². The molecule has 0 saturated heterocycles. The molecule has 0 aliphatic heterocycles. The van der Waals surface area contributed by atoms with Crippen LogP contribution in [0.5, 0.6) is 17.2 Å². The number of carboxylic acid groups (broad SMARTS) is 1. The van der Waals surface area contributed by atoms with E-state index in [1.807, 2.05) is 30.3 Å². The molecule has 1 unspecified atom stereocenters. The monoisotopic (exact) mass is 330 g/mol. The maximum Gasteiger partial charge on any atom is 0.314 e. The van der Waals surface area contributed by atoms with Gasteiger partial charge in [-0.25, -0.2) is 0 Å². The van der Waals surface area contributed by atoms with E-state index in [2.05, 4.69) is 0 Å². The molecule has 0 aliphatic carbocycles. The Balaban J connectivity index is 2.49. The van der Waals surface area contributed by atoms with Gasteiger partial charge < -0.3 is 19.3 Å². The maximum absolute atomic E-state index is 12.0. The van der Waals surface area contributed by atoms with Crippen molar-refractivity contribution in [1.29, 1.82) is 0 Å². The highest BCUT2D eigenvalue weighted by atomic mass is 16.5. The molecule has 5 nitrogen and oxygen atoms in total. The van der Waals surface area contributed by atoms with Crippen molar-refractivity contribution in [3.05, 3.63) is 53.6 Å². The third-order valence-electron chi connectivity index (χ3n) is 4.17. The first kappa shape index (κ1) is 17.7. The lowest BCUT2D eigenvalue weighted by Gasteiger charge is -2.26. The fourth-order valence-corrected chi connectivity index (χ4v) is 2.75. The lowest BCUT2D eigenvalue weighted by molar-refractivity contribution is -0.143. The highest BCUT2D eigenvalue weighted by Gasteiger charge is 2.35. The zero-order valence-corrected chi connectivity index (χ0v) is 14.3. The zero-order chi connectivity index (χ0) is 17.7. The summed E-state index contributed by atoms with van der Waals surface area (Å²) in [6, 6.07) is 12.8. The summed E-state index contributed by atoms with van der Waals surface area (Å²) in [5.74, 6) is 0.614. The van der Waals surface area contributed by atoms with E-state index < -0.39 is 11.4 Å². The van der Waals surface area contributed by atoms with Crippen LogP contribution in [0.2, 0.25) is 0 Å². The number of benzene rings is 2. The molecule has 5 heteroatoms. The minimum atomic E-state index is -1.06. The van der Waals surface area contributed by atoms with Crippen LogP contribution in [0.4, 0.5) is 0 Å². The standard InChI is InChI=1S/C19H22O5/c1-19(18(20)21,14-8-6-5-7-9-14)12-13-10-15(22-2)17(24-4)16(11-13)23-3/h5-11H,12H2,1-4H3,(H,20,21). The summed E-state index contributed by atoms with van der Waals surface area (Å²) < 4.78 is 16.0. The lowest BCUT2D eigenvalue weighted by atomic mass is 9.77. The van der Waals surface area contributed by atoms with Gasteiger partial charge in [-0.05, 0) is 36.6 Å². The van der Waals surface area contributed by atoms with Gasteiger partial charge in [0.05, 0.1) is 26.7 Å². The molecular weight excluding hydrogens is 308 g/mol. The largest absolute Gasteiger partial charge is 0.493 e. The minimum Gasteiger partial charge on any atom is -0.493 e. The number of rotatable bonds is 7. The van der Waals surface area contributed by atoms with E-state index in [9.17, 15) is 9.90 Å². The summed E-state index contributed by atoms with van der Waals surface area (Å²) in [5.41, 5.74) is 0.468. The Morgan fingerprint density at radius 2 is 1.54 bits per heavy atom. The van der Waals surface area contributed by atoms with E-state index in [4.69, 9.17) is 14.2 Å². The van der Waals surface area contributed by atoms with Crippen molar-refractivity contribution in [2.24, 2.45) is 0 Å². The van der Waals surface area contributed by atoms with E-state index in [0.29, 0.717) is 23.7 Å². The van der Waals surface area contributed by atoms with Gasteiger partial charge >= 0.3 is 5.97 Å². The topological polar surface area (TPSA) is 65.0 Å². The number of carbonyl (C=O) groups is 1. The van der Waals surface area contributed by atoms with Gasteiger partial charge in [0.2, 0.25) is 5.75 Å². The second kappa shape index (κ2) is 7.25. The first-order valence-corrected chi connectivity index (χ1v) is 7.54. The average molecular weight is 330 g/mol. The van der Waals surface area contributed by atoms with E-state index in [1.54, 1.807) is 19.1 Å². The Morgan fingerprint density at radius 3 is 1.96 bits per heavy atom. The van der Waals surface area contributed by atoms with Crippen molar-refractivity contribution in [2.45, 2.75) is 18.8 Å². The fraction of sp³-hybridized carbons (Fsp3) is 0.316. The molecule has 0 saturated carbocycles. The van der Waals surface area contributed by atoms with Gasteiger partial charge in [0.25, 0.3) is 0 Å². The van der Waals surface area contributed by atoms with Crippen LogP contribution < -0.4 is 14.2 Å². The number of ether oxygens (including phenoxy) is 3. The summed E-state index contributed by atoms with van der Waals surface area (Å²) in [5, 5.41) is 9.81. The quantitative estimate of drug-likeness (QED) is 0.844. The molecule has 0 fully saturated rings. The second-order valence-corrected chi connectivity index (χ2v) is 5.71. The molecule has 2 aromatic rings. The summed E-state index contributed by atoms with van der Waals surface area (Å²) in [6.45, 7) is 1.72. The van der Waals surface area contributed by atoms with E-state index >= 15 is 0 Å². The zero-order valence-electron chi connectivity index (χ0n) is 14.3. The molecule has 0 amide bonds. The highest BCUT2D eigenvalue weighted by molar-refractivity contribution is 5.81. The van der Waals surface area contributed by atoms with Crippen LogP contribution in [0.15, 0.2) is 42.5 Å². The van der Waals surface area contributed by atoms with Crippen LogP contribution in [0.25, 0.3) is 0 Å². The molecular formula is C19H22O5. The molecule has 0 aromatic heterocycles. The predicted octanol–water partition coefficient (Wildman–Crippen LogP) is 3.30. The van der Waals surface area contributed by atoms with Crippen molar-refractivity contribution in [3.63, 3.8) is 0 Å². The SMILES string of the molecule is COc1cc(CC(C)(C(=O)O)c2ccccc2)cc(OC)c1OC. The third-order valence-corrected chi connectivity index (χ3v) is 4.17. The maximum atomic E-state index is 12.0. The van der Waals surface area contributed by atoms with E-state index in [1.165, 1.54) is 21.3 Å². The van der Waals surface area contributed by atoms with Crippen LogP contribution in [0, 0.1) is 0 Å².